The number of benzene rings is 2. The molecule has 2 N–H and O–H groups in total. The van der Waals surface area contributed by atoms with Gasteiger partial charge in [0.2, 0.25) is 5.91 Å². The summed E-state index contributed by atoms with van der Waals surface area (Å²) >= 11 is 0. The Kier molecular flexibility index (Phi) is 9.81. The van der Waals surface area contributed by atoms with Gasteiger partial charge in [-0.3, -0.25) is 4.79 Å². The second-order valence-electron chi connectivity index (χ2n) is 8.14. The van der Waals surface area contributed by atoms with E-state index in [1.54, 1.807) is 35.2 Å². The Morgan fingerprint density at radius 1 is 0.973 bits per heavy atom. The molecule has 0 atom stereocenters. The van der Waals surface area contributed by atoms with Crippen LogP contribution >= 0.6 is 0 Å². The topological polar surface area (TPSA) is 115 Å². The first-order valence-corrected chi connectivity index (χ1v) is 13.3. The predicted octanol–water partition coefficient (Wildman–Crippen LogP) is 2.66. The van der Waals surface area contributed by atoms with Crippen molar-refractivity contribution < 1.29 is 32.2 Å². The van der Waals surface area contributed by atoms with Gasteiger partial charge in [-0.2, -0.15) is 0 Å². The maximum atomic E-state index is 12.9. The van der Waals surface area contributed by atoms with Crippen LogP contribution in [0.5, 0.6) is 23.0 Å². The zero-order valence-electron chi connectivity index (χ0n) is 21.4. The Labute approximate surface area is 217 Å². The molecule has 0 aromatic heterocycles. The second-order valence-corrected chi connectivity index (χ2v) is 10.0. The highest BCUT2D eigenvalue weighted by Crippen LogP contribution is 2.35. The maximum Gasteiger partial charge on any atom is 0.248 e. The van der Waals surface area contributed by atoms with Crippen LogP contribution < -0.4 is 29.6 Å². The fraction of sp³-hybridized carbons (Fsp3) is 0.346. The van der Waals surface area contributed by atoms with E-state index < -0.39 is 9.84 Å². The largest absolute Gasteiger partial charge is 0.496 e. The number of amides is 1. The molecule has 2 aromatic rings. The van der Waals surface area contributed by atoms with E-state index in [2.05, 4.69) is 10.6 Å². The molecule has 10 nitrogen and oxygen atoms in total. The average molecular weight is 532 g/mol. The molecule has 0 bridgehead atoms. The third kappa shape index (κ3) is 7.64. The summed E-state index contributed by atoms with van der Waals surface area (Å²) in [6.45, 7) is 2.84. The van der Waals surface area contributed by atoms with Gasteiger partial charge in [0, 0.05) is 56.0 Å². The Balaban J connectivity index is 1.76. The Morgan fingerprint density at radius 2 is 1.62 bits per heavy atom. The molecule has 11 heteroatoms. The zero-order valence-corrected chi connectivity index (χ0v) is 22.3. The monoisotopic (exact) mass is 531 g/mol. The predicted molar refractivity (Wildman–Crippen MR) is 143 cm³/mol. The van der Waals surface area contributed by atoms with E-state index in [0.29, 0.717) is 52.9 Å². The van der Waals surface area contributed by atoms with Crippen LogP contribution in [0, 0.1) is 0 Å². The minimum absolute atomic E-state index is 0.0961. The van der Waals surface area contributed by atoms with Gasteiger partial charge in [0.1, 0.15) is 23.0 Å². The van der Waals surface area contributed by atoms with Gasteiger partial charge >= 0.3 is 0 Å². The second kappa shape index (κ2) is 13.0. The van der Waals surface area contributed by atoms with E-state index >= 15 is 0 Å². The highest BCUT2D eigenvalue weighted by molar-refractivity contribution is 7.93. The molecule has 37 heavy (non-hydrogen) atoms. The summed E-state index contributed by atoms with van der Waals surface area (Å²) in [5.41, 5.74) is 1.57. The lowest BCUT2D eigenvalue weighted by molar-refractivity contribution is -0.126. The van der Waals surface area contributed by atoms with Crippen LogP contribution in [0.15, 0.2) is 48.0 Å². The van der Waals surface area contributed by atoms with Crippen LogP contribution in [-0.2, 0) is 20.4 Å². The van der Waals surface area contributed by atoms with E-state index in [1.165, 1.54) is 46.8 Å². The summed E-state index contributed by atoms with van der Waals surface area (Å²) in [4.78, 5) is 14.1. The lowest BCUT2D eigenvalue weighted by Crippen LogP contribution is -2.45. The number of nitrogens with zero attached hydrogens (tertiary/aromatic N) is 1. The van der Waals surface area contributed by atoms with Gasteiger partial charge < -0.3 is 34.5 Å². The molecule has 0 radical (unpaired) electrons. The number of hydrogen-bond donors (Lipinski definition) is 2. The smallest absolute Gasteiger partial charge is 0.248 e. The van der Waals surface area contributed by atoms with Crippen LogP contribution in [0.3, 0.4) is 0 Å². The molecule has 0 spiro atoms. The van der Waals surface area contributed by atoms with Gasteiger partial charge in [-0.15, -0.1) is 0 Å². The molecule has 1 amide bonds. The molecule has 0 unspecified atom stereocenters. The van der Waals surface area contributed by atoms with Crippen LogP contribution in [0.25, 0.3) is 6.08 Å². The van der Waals surface area contributed by atoms with E-state index in [4.69, 9.17) is 18.9 Å². The number of anilines is 1. The number of nitrogens with one attached hydrogen (secondary N) is 2. The average Bonchev–Trinajstić information content (AvgIpc) is 2.91. The van der Waals surface area contributed by atoms with E-state index in [-0.39, 0.29) is 11.7 Å². The molecule has 3 rings (SSSR count). The molecule has 1 heterocycles. The number of ether oxygens (including phenoxy) is 4. The molecule has 0 aliphatic carbocycles. The van der Waals surface area contributed by atoms with Crippen molar-refractivity contribution in [2.24, 2.45) is 0 Å². The summed E-state index contributed by atoms with van der Waals surface area (Å²) < 4.78 is 47.2. The van der Waals surface area contributed by atoms with Crippen molar-refractivity contribution in [2.45, 2.75) is 5.75 Å². The van der Waals surface area contributed by atoms with Crippen LogP contribution in [0.1, 0.15) is 11.1 Å². The minimum atomic E-state index is -3.66. The molecule has 1 saturated heterocycles. The van der Waals surface area contributed by atoms with Gasteiger partial charge in [0.05, 0.1) is 45.4 Å². The number of carbonyl (C=O) groups is 1. The number of rotatable bonds is 11. The number of hydrogen-bond acceptors (Lipinski definition) is 9. The van der Waals surface area contributed by atoms with Gasteiger partial charge in [0.15, 0.2) is 9.84 Å². The molecule has 0 saturated carbocycles. The third-order valence-corrected chi connectivity index (χ3v) is 7.01. The van der Waals surface area contributed by atoms with Crippen molar-refractivity contribution in [3.05, 3.63) is 59.1 Å². The van der Waals surface area contributed by atoms with Crippen molar-refractivity contribution in [2.75, 3.05) is 59.9 Å². The highest BCUT2D eigenvalue weighted by atomic mass is 32.2. The van der Waals surface area contributed by atoms with Crippen molar-refractivity contribution in [3.8, 4) is 23.0 Å². The van der Waals surface area contributed by atoms with Gasteiger partial charge in [0.25, 0.3) is 0 Å². The molecule has 200 valence electrons. The van der Waals surface area contributed by atoms with E-state index in [0.717, 1.165) is 18.5 Å². The lowest BCUT2D eigenvalue weighted by atomic mass is 10.1. The molecular formula is C26H33N3O7S. The summed E-state index contributed by atoms with van der Waals surface area (Å²) in [5.74, 6) is 1.54. The summed E-state index contributed by atoms with van der Waals surface area (Å²) in [7, 11) is 2.35. The first kappa shape index (κ1) is 27.9. The van der Waals surface area contributed by atoms with E-state index in [1.807, 2.05) is 0 Å². The molecule has 1 aliphatic rings. The number of sulfone groups is 1. The summed E-state index contributed by atoms with van der Waals surface area (Å²) in [6.07, 6.45) is 4.43. The first-order valence-electron chi connectivity index (χ1n) is 11.6. The minimum Gasteiger partial charge on any atom is -0.496 e. The molecule has 2 aromatic carbocycles. The fourth-order valence-electron chi connectivity index (χ4n) is 3.80. The van der Waals surface area contributed by atoms with Crippen molar-refractivity contribution in [1.82, 2.24) is 10.2 Å². The fourth-order valence-corrected chi connectivity index (χ4v) is 4.88. The quantitative estimate of drug-likeness (QED) is 0.422. The van der Waals surface area contributed by atoms with Crippen LogP contribution in [0.4, 0.5) is 5.69 Å². The SMILES string of the molecule is COc1cc(OC)c(/C=C/S(=O)(=O)Cc2ccc(OC)c(N/C=C\C(=O)N3CCNCC3)c2)c(OC)c1. The molecule has 1 aliphatic heterocycles. The number of carbonyl (C=O) groups excluding carboxylic acids is 1. The van der Waals surface area contributed by atoms with Crippen LogP contribution in [-0.4, -0.2) is 73.8 Å². The highest BCUT2D eigenvalue weighted by Gasteiger charge is 2.16. The standard InChI is InChI=1S/C26H33N3O7S/c1-33-20-16-24(35-3)21(25(17-20)36-4)8-14-37(31,32)18-19-5-6-23(34-2)22(15-19)28-9-7-26(30)29-12-10-27-11-13-29/h5-9,14-17,27-28H,10-13,18H2,1-4H3/b9-7-,14-8+. The third-order valence-electron chi connectivity index (χ3n) is 5.72. The normalized spacial score (nSPS) is 14.1. The molecular weight excluding hydrogens is 498 g/mol. The van der Waals surface area contributed by atoms with Gasteiger partial charge in [-0.05, 0) is 23.8 Å². The lowest BCUT2D eigenvalue weighted by Gasteiger charge is -2.26. The summed E-state index contributed by atoms with van der Waals surface area (Å²) in [6, 6.07) is 8.34. The first-order chi connectivity index (χ1) is 17.8. The van der Waals surface area contributed by atoms with Crippen LogP contribution in [0.2, 0.25) is 0 Å². The van der Waals surface area contributed by atoms with E-state index in [9.17, 15) is 13.2 Å². The zero-order chi connectivity index (χ0) is 26.8. The number of piperazine rings is 1. The maximum absolute atomic E-state index is 12.9. The molecule has 1 fully saturated rings. The van der Waals surface area contributed by atoms with Crippen molar-refractivity contribution >= 4 is 27.5 Å². The summed E-state index contributed by atoms with van der Waals surface area (Å²) in [5, 5.41) is 7.36. The Morgan fingerprint density at radius 3 is 2.22 bits per heavy atom. The number of methoxy groups -OCH3 is 4. The van der Waals surface area contributed by atoms with Gasteiger partial charge in [-0.1, -0.05) is 6.07 Å². The Bertz CT molecular complexity index is 1230. The van der Waals surface area contributed by atoms with Gasteiger partial charge in [-0.25, -0.2) is 8.42 Å². The Hall–Kier alpha value is -3.70. The van der Waals surface area contributed by atoms with Crippen molar-refractivity contribution in [3.63, 3.8) is 0 Å². The van der Waals surface area contributed by atoms with Crippen molar-refractivity contribution in [1.29, 1.82) is 0 Å².